The van der Waals surface area contributed by atoms with Gasteiger partial charge in [0.1, 0.15) is 12.4 Å². The zero-order chi connectivity index (χ0) is 22.7. The summed E-state index contributed by atoms with van der Waals surface area (Å²) in [6.07, 6.45) is 8.06. The Balaban J connectivity index is 0.00000274. The lowest BCUT2D eigenvalue weighted by atomic mass is 9.75. The molecule has 2 aliphatic carbocycles. The van der Waals surface area contributed by atoms with E-state index in [1.807, 2.05) is 6.07 Å². The second kappa shape index (κ2) is 11.4. The molecule has 0 amide bonds. The molecule has 0 bridgehead atoms. The third kappa shape index (κ3) is 6.54. The van der Waals surface area contributed by atoms with Gasteiger partial charge in [-0.15, -0.1) is 12.4 Å². The Labute approximate surface area is 210 Å². The summed E-state index contributed by atoms with van der Waals surface area (Å²) in [4.78, 5) is 2.71. The van der Waals surface area contributed by atoms with E-state index in [1.54, 1.807) is 0 Å². The molecule has 5 rings (SSSR count). The van der Waals surface area contributed by atoms with Crippen LogP contribution in [0.3, 0.4) is 0 Å². The third-order valence-electron chi connectivity index (χ3n) is 7.44. The molecule has 1 N–H and O–H groups in total. The number of hydrogen-bond acceptors (Lipinski definition) is 4. The van der Waals surface area contributed by atoms with E-state index in [0.29, 0.717) is 31.0 Å². The first-order valence-corrected chi connectivity index (χ1v) is 14.2. The summed E-state index contributed by atoms with van der Waals surface area (Å²) in [5.74, 6) is 1.91. The Hall–Kier alpha value is -1.60. The number of ether oxygens (including phenoxy) is 1. The van der Waals surface area contributed by atoms with Crippen molar-refractivity contribution in [1.82, 2.24) is 9.62 Å². The first kappa shape index (κ1) is 25.5. The van der Waals surface area contributed by atoms with Crippen molar-refractivity contribution in [2.24, 2.45) is 5.92 Å². The number of halogens is 1. The smallest absolute Gasteiger partial charge is 0.211 e. The van der Waals surface area contributed by atoms with E-state index in [-0.39, 0.29) is 18.2 Å². The molecule has 0 spiro atoms. The summed E-state index contributed by atoms with van der Waals surface area (Å²) in [7, 11) is -3.18. The molecule has 1 heterocycles. The zero-order valence-electron chi connectivity index (χ0n) is 19.8. The molecule has 1 saturated carbocycles. The molecule has 186 valence electrons. The van der Waals surface area contributed by atoms with E-state index in [9.17, 15) is 8.42 Å². The molecule has 0 radical (unpaired) electrons. The summed E-state index contributed by atoms with van der Waals surface area (Å²) in [6, 6.07) is 17.9. The van der Waals surface area contributed by atoms with Gasteiger partial charge in [-0.2, -0.15) is 0 Å². The van der Waals surface area contributed by atoms with E-state index in [0.717, 1.165) is 31.4 Å². The van der Waals surface area contributed by atoms with Crippen molar-refractivity contribution in [3.8, 4) is 5.75 Å². The fourth-order valence-corrected chi connectivity index (χ4v) is 7.06. The number of likely N-dealkylation sites (tertiary alicyclic amines) is 1. The van der Waals surface area contributed by atoms with E-state index in [2.05, 4.69) is 52.1 Å². The Morgan fingerprint density at radius 3 is 2.50 bits per heavy atom. The van der Waals surface area contributed by atoms with Crippen molar-refractivity contribution < 1.29 is 13.2 Å². The Bertz CT molecular complexity index is 1040. The number of nitrogens with one attached hydrogen (secondary N) is 1. The minimum atomic E-state index is -3.18. The van der Waals surface area contributed by atoms with Crippen molar-refractivity contribution in [2.45, 2.75) is 56.9 Å². The van der Waals surface area contributed by atoms with E-state index < -0.39 is 10.0 Å². The SMILES string of the molecule is Cl.O=S(=O)(CC1CC1)NCCOc1ccc2c(c1)C(Cc1ccccc1)C(N1CCCC1)CC2. The molecule has 5 nitrogen and oxygen atoms in total. The van der Waals surface area contributed by atoms with Gasteiger partial charge in [0.2, 0.25) is 10.0 Å². The van der Waals surface area contributed by atoms with Gasteiger partial charge in [-0.25, -0.2) is 13.1 Å². The molecule has 7 heteroatoms. The monoisotopic (exact) mass is 504 g/mol. The van der Waals surface area contributed by atoms with E-state index >= 15 is 0 Å². The van der Waals surface area contributed by atoms with Crippen LogP contribution in [0.25, 0.3) is 0 Å². The summed E-state index contributed by atoms with van der Waals surface area (Å²) >= 11 is 0. The topological polar surface area (TPSA) is 58.6 Å². The number of hydrogen-bond donors (Lipinski definition) is 1. The maximum absolute atomic E-state index is 12.1. The average molecular weight is 505 g/mol. The lowest BCUT2D eigenvalue weighted by Gasteiger charge is -2.39. The maximum Gasteiger partial charge on any atom is 0.211 e. The van der Waals surface area contributed by atoms with Crippen LogP contribution in [0.5, 0.6) is 5.75 Å². The van der Waals surface area contributed by atoms with Gasteiger partial charge in [-0.05, 0) is 92.8 Å². The van der Waals surface area contributed by atoms with Gasteiger partial charge in [0.05, 0.1) is 5.75 Å². The van der Waals surface area contributed by atoms with Gasteiger partial charge in [0, 0.05) is 18.5 Å². The van der Waals surface area contributed by atoms with Crippen LogP contribution < -0.4 is 9.46 Å². The molecule has 3 aliphatic rings. The molecular formula is C27H37ClN2O3S. The second-order valence-electron chi connectivity index (χ2n) is 9.97. The van der Waals surface area contributed by atoms with Crippen molar-refractivity contribution in [3.63, 3.8) is 0 Å². The van der Waals surface area contributed by atoms with Gasteiger partial charge in [0.15, 0.2) is 0 Å². The Kier molecular flexibility index (Phi) is 8.57. The van der Waals surface area contributed by atoms with Crippen LogP contribution in [-0.4, -0.2) is 51.4 Å². The second-order valence-corrected chi connectivity index (χ2v) is 11.8. The van der Waals surface area contributed by atoms with Crippen molar-refractivity contribution in [3.05, 3.63) is 65.2 Å². The highest BCUT2D eigenvalue weighted by Crippen LogP contribution is 2.40. The molecule has 34 heavy (non-hydrogen) atoms. The predicted octanol–water partition coefficient (Wildman–Crippen LogP) is 4.55. The molecule has 1 saturated heterocycles. The van der Waals surface area contributed by atoms with E-state index in [1.165, 1.54) is 49.0 Å². The minimum Gasteiger partial charge on any atom is -0.492 e. The molecule has 1 aliphatic heterocycles. The molecule has 0 aromatic heterocycles. The third-order valence-corrected chi connectivity index (χ3v) is 9.00. The van der Waals surface area contributed by atoms with Crippen molar-refractivity contribution >= 4 is 22.4 Å². The standard InChI is InChI=1S/C27H36N2O3S.ClH/c30-33(31,20-22-8-9-22)28-14-17-32-24-12-10-23-11-13-27(29-15-4-5-16-29)26(25(23)19-24)18-21-6-2-1-3-7-21;/h1-3,6-7,10,12,19,22,26-28H,4-5,8-9,11,13-18,20H2;1H. The predicted molar refractivity (Wildman–Crippen MR) is 140 cm³/mol. The summed E-state index contributed by atoms with van der Waals surface area (Å²) in [6.45, 7) is 3.09. The molecule has 2 aromatic rings. The van der Waals surface area contributed by atoms with Gasteiger partial charge in [0.25, 0.3) is 0 Å². The lowest BCUT2D eigenvalue weighted by molar-refractivity contribution is 0.188. The van der Waals surface area contributed by atoms with Gasteiger partial charge in [-0.3, -0.25) is 4.90 Å². The number of nitrogens with zero attached hydrogens (tertiary/aromatic N) is 1. The van der Waals surface area contributed by atoms with Crippen LogP contribution in [0.1, 0.15) is 54.7 Å². The molecule has 2 aromatic carbocycles. The van der Waals surface area contributed by atoms with Crippen LogP contribution in [0, 0.1) is 5.92 Å². The van der Waals surface area contributed by atoms with Gasteiger partial charge >= 0.3 is 0 Å². The lowest BCUT2D eigenvalue weighted by Crippen LogP contribution is -2.41. The van der Waals surface area contributed by atoms with Crippen LogP contribution in [-0.2, 0) is 22.9 Å². The highest BCUT2D eigenvalue weighted by Gasteiger charge is 2.35. The van der Waals surface area contributed by atoms with E-state index in [4.69, 9.17) is 4.74 Å². The quantitative estimate of drug-likeness (QED) is 0.482. The molecular weight excluding hydrogens is 468 g/mol. The van der Waals surface area contributed by atoms with Crippen molar-refractivity contribution in [1.29, 1.82) is 0 Å². The summed E-state index contributed by atoms with van der Waals surface area (Å²) in [5.41, 5.74) is 4.23. The fourth-order valence-electron chi connectivity index (χ4n) is 5.59. The van der Waals surface area contributed by atoms with Crippen molar-refractivity contribution in [2.75, 3.05) is 32.0 Å². The zero-order valence-corrected chi connectivity index (χ0v) is 21.5. The van der Waals surface area contributed by atoms with Gasteiger partial charge in [-0.1, -0.05) is 36.4 Å². The average Bonchev–Trinajstić information content (AvgIpc) is 3.44. The number of rotatable bonds is 10. The number of sulfonamides is 1. The Morgan fingerprint density at radius 2 is 1.76 bits per heavy atom. The van der Waals surface area contributed by atoms with Crippen LogP contribution in [0.4, 0.5) is 0 Å². The molecule has 2 atom stereocenters. The first-order valence-electron chi connectivity index (χ1n) is 12.6. The minimum absolute atomic E-state index is 0. The van der Waals surface area contributed by atoms with Crippen LogP contribution in [0.15, 0.2) is 48.5 Å². The molecule has 2 fully saturated rings. The van der Waals surface area contributed by atoms with Gasteiger partial charge < -0.3 is 4.74 Å². The maximum atomic E-state index is 12.1. The Morgan fingerprint density at radius 1 is 1.00 bits per heavy atom. The number of aryl methyl sites for hydroxylation is 1. The highest BCUT2D eigenvalue weighted by molar-refractivity contribution is 7.89. The van der Waals surface area contributed by atoms with Crippen LogP contribution in [0.2, 0.25) is 0 Å². The first-order chi connectivity index (χ1) is 16.1. The number of fused-ring (bicyclic) bond motifs is 1. The van der Waals surface area contributed by atoms with Crippen LogP contribution >= 0.6 is 12.4 Å². The normalized spacial score (nSPS) is 22.7. The largest absolute Gasteiger partial charge is 0.492 e. The molecule has 2 unspecified atom stereocenters. The number of benzene rings is 2. The highest BCUT2D eigenvalue weighted by atomic mass is 35.5. The fraction of sp³-hybridized carbons (Fsp3) is 0.556. The summed E-state index contributed by atoms with van der Waals surface area (Å²) in [5, 5.41) is 0. The summed E-state index contributed by atoms with van der Waals surface area (Å²) < 4.78 is 32.9.